The summed E-state index contributed by atoms with van der Waals surface area (Å²) in [4.78, 5) is 43.6. The van der Waals surface area contributed by atoms with E-state index < -0.39 is 41.1 Å². The molecule has 1 spiro atoms. The van der Waals surface area contributed by atoms with Crippen molar-refractivity contribution in [3.63, 3.8) is 0 Å². The molecule has 1 aromatic heterocycles. The number of amides is 3. The number of benzene rings is 1. The van der Waals surface area contributed by atoms with Crippen LogP contribution in [0.25, 0.3) is 0 Å². The Morgan fingerprint density at radius 1 is 1.09 bits per heavy atom. The van der Waals surface area contributed by atoms with Gasteiger partial charge >= 0.3 is 6.18 Å². The molecule has 1 N–H and O–H groups in total. The molecular formula is C25H27F3N4O3. The maximum atomic E-state index is 14.0. The molecule has 3 amide bonds. The zero-order valence-corrected chi connectivity index (χ0v) is 19.5. The number of likely N-dealkylation sites (tertiary alicyclic amines) is 2. The number of nitrogens with one attached hydrogen (secondary N) is 1. The number of carbonyl (C=O) groups is 3. The number of hydrogen-bond acceptors (Lipinski definition) is 4. The first kappa shape index (κ1) is 23.6. The minimum absolute atomic E-state index is 0.182. The zero-order chi connectivity index (χ0) is 25.1. The Morgan fingerprint density at radius 3 is 2.40 bits per heavy atom. The summed E-state index contributed by atoms with van der Waals surface area (Å²) in [5, 5.41) is 3.31. The van der Waals surface area contributed by atoms with E-state index in [1.165, 1.54) is 17.0 Å². The van der Waals surface area contributed by atoms with Gasteiger partial charge in [-0.1, -0.05) is 12.1 Å². The van der Waals surface area contributed by atoms with E-state index in [4.69, 9.17) is 0 Å². The van der Waals surface area contributed by atoms with Crippen LogP contribution < -0.4 is 5.32 Å². The predicted molar refractivity (Wildman–Crippen MR) is 119 cm³/mol. The Kier molecular flexibility index (Phi) is 5.54. The van der Waals surface area contributed by atoms with Crippen molar-refractivity contribution in [2.75, 3.05) is 13.1 Å². The summed E-state index contributed by atoms with van der Waals surface area (Å²) in [5.74, 6) is -2.76. The highest BCUT2D eigenvalue weighted by molar-refractivity contribution is 6.10. The van der Waals surface area contributed by atoms with E-state index in [1.54, 1.807) is 11.8 Å². The molecular weight excluding hydrogens is 461 g/mol. The normalized spacial score (nSPS) is 28.9. The van der Waals surface area contributed by atoms with Crippen LogP contribution in [0.4, 0.5) is 13.2 Å². The molecule has 0 bridgehead atoms. The number of aromatic nitrogens is 1. The number of hydrogen-bond donors (Lipinski definition) is 1. The lowest BCUT2D eigenvalue weighted by Crippen LogP contribution is -2.63. The molecule has 35 heavy (non-hydrogen) atoms. The van der Waals surface area contributed by atoms with Crippen LogP contribution in [0.5, 0.6) is 0 Å². The Labute approximate surface area is 200 Å². The fraction of sp³-hybridized carbons (Fsp3) is 0.480. The molecule has 3 fully saturated rings. The third-order valence-electron chi connectivity index (χ3n) is 7.73. The molecule has 0 unspecified atom stereocenters. The summed E-state index contributed by atoms with van der Waals surface area (Å²) in [7, 11) is 1.89. The standard InChI is InChI=1S/C25H27F3N4O3/c1-3-32-21(33)18-19(22(32)34)24(29-20(18)15-7-9-16(10-8-15)25(26,27)28)11-5-13-31(23(24)35)14-17-6-4-12-30(17)2/h4,6-10,12,18-20,29H,3,5,11,13-14H2,1-2H3/t18-,19-,20-,24-/m1/s1. The Morgan fingerprint density at radius 2 is 1.80 bits per heavy atom. The molecule has 0 aliphatic carbocycles. The van der Waals surface area contributed by atoms with Gasteiger partial charge in [0.05, 0.1) is 23.9 Å². The van der Waals surface area contributed by atoms with Gasteiger partial charge in [-0.05, 0) is 49.6 Å². The SMILES string of the molecule is CCN1C(=O)[C@H]2[C@@H](c3ccc(C(F)(F)F)cc3)N[C@]3(CCCN(Cc4cccn4C)C3=O)[C@H]2C1=O. The van der Waals surface area contributed by atoms with E-state index in [9.17, 15) is 27.6 Å². The van der Waals surface area contributed by atoms with E-state index in [-0.39, 0.29) is 18.4 Å². The van der Waals surface area contributed by atoms with Crippen molar-refractivity contribution < 1.29 is 27.6 Å². The monoisotopic (exact) mass is 488 g/mol. The summed E-state index contributed by atoms with van der Waals surface area (Å²) in [6.07, 6.45) is -1.58. The van der Waals surface area contributed by atoms with Crippen molar-refractivity contribution in [2.24, 2.45) is 18.9 Å². The fourth-order valence-electron chi connectivity index (χ4n) is 6.01. The van der Waals surface area contributed by atoms with Crippen LogP contribution in [0, 0.1) is 11.8 Å². The van der Waals surface area contributed by atoms with Crippen LogP contribution in [0.15, 0.2) is 42.6 Å². The molecule has 0 saturated carbocycles. The number of nitrogens with zero attached hydrogens (tertiary/aromatic N) is 3. The van der Waals surface area contributed by atoms with Gasteiger partial charge in [0.2, 0.25) is 17.7 Å². The Balaban J connectivity index is 1.53. The lowest BCUT2D eigenvalue weighted by atomic mass is 9.74. The van der Waals surface area contributed by atoms with Crippen LogP contribution in [0.3, 0.4) is 0 Å². The van der Waals surface area contributed by atoms with Gasteiger partial charge in [0, 0.05) is 38.1 Å². The van der Waals surface area contributed by atoms with Crippen LogP contribution in [0.1, 0.15) is 42.6 Å². The van der Waals surface area contributed by atoms with Crippen molar-refractivity contribution in [3.8, 4) is 0 Å². The average Bonchev–Trinajstić information content (AvgIpc) is 3.45. The maximum absolute atomic E-state index is 14.0. The van der Waals surface area contributed by atoms with Gasteiger partial charge in [-0.15, -0.1) is 0 Å². The molecule has 0 radical (unpaired) electrons. The van der Waals surface area contributed by atoms with E-state index in [2.05, 4.69) is 5.32 Å². The van der Waals surface area contributed by atoms with Crippen molar-refractivity contribution in [1.82, 2.24) is 19.7 Å². The van der Waals surface area contributed by atoms with Gasteiger partial charge in [0.25, 0.3) is 0 Å². The summed E-state index contributed by atoms with van der Waals surface area (Å²) >= 11 is 0. The third kappa shape index (κ3) is 3.57. The summed E-state index contributed by atoms with van der Waals surface area (Å²) < 4.78 is 41.3. The number of rotatable bonds is 4. The van der Waals surface area contributed by atoms with Gasteiger partial charge < -0.3 is 9.47 Å². The Bertz CT molecular complexity index is 1180. The molecule has 2 aromatic rings. The van der Waals surface area contributed by atoms with Gasteiger partial charge in [-0.25, -0.2) is 0 Å². The quantitative estimate of drug-likeness (QED) is 0.672. The van der Waals surface area contributed by atoms with Gasteiger partial charge in [0.1, 0.15) is 5.54 Å². The first-order chi connectivity index (χ1) is 16.6. The van der Waals surface area contributed by atoms with Gasteiger partial charge in [0.15, 0.2) is 0 Å². The number of alkyl halides is 3. The molecule has 3 saturated heterocycles. The van der Waals surface area contributed by atoms with E-state index >= 15 is 0 Å². The Hall–Kier alpha value is -3.14. The largest absolute Gasteiger partial charge is 0.416 e. The molecule has 1 aromatic carbocycles. The number of halogens is 3. The molecule has 186 valence electrons. The smallest absolute Gasteiger partial charge is 0.353 e. The highest BCUT2D eigenvalue weighted by Gasteiger charge is 2.68. The van der Waals surface area contributed by atoms with Crippen molar-refractivity contribution >= 4 is 17.7 Å². The van der Waals surface area contributed by atoms with Crippen LogP contribution >= 0.6 is 0 Å². The van der Waals surface area contributed by atoms with Gasteiger partial charge in [-0.2, -0.15) is 13.2 Å². The molecule has 3 aliphatic heterocycles. The van der Waals surface area contributed by atoms with E-state index in [0.29, 0.717) is 31.5 Å². The number of fused-ring (bicyclic) bond motifs is 2. The molecule has 4 atom stereocenters. The van der Waals surface area contributed by atoms with Crippen molar-refractivity contribution in [1.29, 1.82) is 0 Å². The lowest BCUT2D eigenvalue weighted by molar-refractivity contribution is -0.150. The molecule has 5 rings (SSSR count). The average molecular weight is 489 g/mol. The summed E-state index contributed by atoms with van der Waals surface area (Å²) in [5.41, 5.74) is -0.681. The summed E-state index contributed by atoms with van der Waals surface area (Å²) in [6, 6.07) is 7.68. The molecule has 4 heterocycles. The summed E-state index contributed by atoms with van der Waals surface area (Å²) in [6.45, 7) is 2.78. The minimum Gasteiger partial charge on any atom is -0.353 e. The highest BCUT2D eigenvalue weighted by Crippen LogP contribution is 2.52. The number of imide groups is 1. The third-order valence-corrected chi connectivity index (χ3v) is 7.73. The molecule has 10 heteroatoms. The highest BCUT2D eigenvalue weighted by atomic mass is 19.4. The lowest BCUT2D eigenvalue weighted by Gasteiger charge is -2.42. The second-order valence-corrected chi connectivity index (χ2v) is 9.58. The van der Waals surface area contributed by atoms with Gasteiger partial charge in [-0.3, -0.25) is 24.6 Å². The van der Waals surface area contributed by atoms with E-state index in [0.717, 1.165) is 17.8 Å². The first-order valence-electron chi connectivity index (χ1n) is 11.8. The number of carbonyl (C=O) groups excluding carboxylic acids is 3. The molecule has 3 aliphatic rings. The van der Waals surface area contributed by atoms with Crippen LogP contribution in [-0.2, 0) is 34.2 Å². The molecule has 7 nitrogen and oxygen atoms in total. The van der Waals surface area contributed by atoms with Crippen molar-refractivity contribution in [3.05, 3.63) is 59.4 Å². The number of piperidine rings is 1. The predicted octanol–water partition coefficient (Wildman–Crippen LogP) is 2.87. The van der Waals surface area contributed by atoms with Crippen LogP contribution in [-0.4, -0.2) is 50.7 Å². The zero-order valence-electron chi connectivity index (χ0n) is 19.5. The van der Waals surface area contributed by atoms with Crippen molar-refractivity contribution in [2.45, 2.75) is 44.1 Å². The topological polar surface area (TPSA) is 74.7 Å². The number of aryl methyl sites for hydroxylation is 1. The minimum atomic E-state index is -4.49. The first-order valence-corrected chi connectivity index (χ1v) is 11.8. The van der Waals surface area contributed by atoms with E-state index in [1.807, 2.05) is 29.9 Å². The fourth-order valence-corrected chi connectivity index (χ4v) is 6.01. The second-order valence-electron chi connectivity index (χ2n) is 9.58. The van der Waals surface area contributed by atoms with Crippen LogP contribution in [0.2, 0.25) is 0 Å². The second kappa shape index (κ2) is 8.22. The maximum Gasteiger partial charge on any atom is 0.416 e.